The zero-order valence-corrected chi connectivity index (χ0v) is 9.94. The molecule has 1 aliphatic carbocycles. The van der Waals surface area contributed by atoms with Crippen molar-refractivity contribution in [2.45, 2.75) is 18.3 Å². The largest absolute Gasteiger partial charge is 0.468 e. The number of methoxy groups -OCH3 is 1. The van der Waals surface area contributed by atoms with Crippen LogP contribution in [-0.4, -0.2) is 26.3 Å². The van der Waals surface area contributed by atoms with E-state index in [2.05, 4.69) is 0 Å². The van der Waals surface area contributed by atoms with Gasteiger partial charge in [-0.15, -0.1) is 0 Å². The molecule has 3 heteroatoms. The van der Waals surface area contributed by atoms with Gasteiger partial charge in [-0.05, 0) is 18.4 Å². The lowest BCUT2D eigenvalue weighted by Crippen LogP contribution is -2.62. The summed E-state index contributed by atoms with van der Waals surface area (Å²) in [6.07, 6.45) is 1.72. The predicted molar refractivity (Wildman–Crippen MR) is 62.6 cm³/mol. The Hall–Kier alpha value is -1.35. The van der Waals surface area contributed by atoms with Gasteiger partial charge in [0.05, 0.1) is 25.7 Å². The van der Waals surface area contributed by atoms with Crippen LogP contribution in [0.3, 0.4) is 0 Å². The van der Waals surface area contributed by atoms with Gasteiger partial charge in [-0.1, -0.05) is 30.3 Å². The van der Waals surface area contributed by atoms with Crippen molar-refractivity contribution in [1.82, 2.24) is 0 Å². The van der Waals surface area contributed by atoms with Crippen LogP contribution < -0.4 is 0 Å². The van der Waals surface area contributed by atoms with Crippen LogP contribution in [0.5, 0.6) is 0 Å². The highest BCUT2D eigenvalue weighted by molar-refractivity contribution is 5.85. The van der Waals surface area contributed by atoms with E-state index in [1.54, 1.807) is 0 Å². The Morgan fingerprint density at radius 2 is 1.88 bits per heavy atom. The maximum absolute atomic E-state index is 12.1. The highest BCUT2D eigenvalue weighted by Gasteiger charge is 2.63. The van der Waals surface area contributed by atoms with Gasteiger partial charge in [-0.2, -0.15) is 0 Å². The Morgan fingerprint density at radius 1 is 1.24 bits per heavy atom. The Kier molecular flexibility index (Phi) is 2.26. The average molecular weight is 232 g/mol. The van der Waals surface area contributed by atoms with Crippen LogP contribution in [0.1, 0.15) is 18.4 Å². The fraction of sp³-hybridized carbons (Fsp3) is 0.500. The quantitative estimate of drug-likeness (QED) is 0.731. The first-order valence-corrected chi connectivity index (χ1v) is 5.93. The lowest BCUT2D eigenvalue weighted by Gasteiger charge is -2.58. The topological polar surface area (TPSA) is 35.5 Å². The summed E-state index contributed by atoms with van der Waals surface area (Å²) in [5, 5.41) is 0. The number of esters is 1. The molecule has 3 nitrogen and oxygen atoms in total. The Balaban J connectivity index is 1.92. The number of hydrogen-bond donors (Lipinski definition) is 0. The lowest BCUT2D eigenvalue weighted by molar-refractivity contribution is -0.203. The smallest absolute Gasteiger partial charge is 0.316 e. The second-order valence-electron chi connectivity index (χ2n) is 5.29. The van der Waals surface area contributed by atoms with E-state index in [1.165, 1.54) is 7.11 Å². The minimum atomic E-state index is -0.431. The number of carbonyl (C=O) groups excluding carboxylic acids is 1. The minimum absolute atomic E-state index is 0.110. The third-order valence-electron chi connectivity index (χ3n) is 4.07. The summed E-state index contributed by atoms with van der Waals surface area (Å²) in [5.74, 6) is -0.110. The SMILES string of the molecule is COC(=O)C1(c2ccccc2)CC2(COC2)C1. The van der Waals surface area contributed by atoms with E-state index in [4.69, 9.17) is 9.47 Å². The average Bonchev–Trinajstić information content (AvgIpc) is 2.27. The molecule has 0 unspecified atom stereocenters. The highest BCUT2D eigenvalue weighted by Crippen LogP contribution is 2.59. The van der Waals surface area contributed by atoms with Crippen LogP contribution >= 0.6 is 0 Å². The Labute approximate surface area is 101 Å². The van der Waals surface area contributed by atoms with Gasteiger partial charge in [0, 0.05) is 5.41 Å². The molecule has 1 heterocycles. The van der Waals surface area contributed by atoms with E-state index in [1.807, 2.05) is 30.3 Å². The van der Waals surface area contributed by atoms with Crippen LogP contribution in [-0.2, 0) is 19.7 Å². The molecule has 0 amide bonds. The lowest BCUT2D eigenvalue weighted by atomic mass is 9.49. The molecule has 0 aromatic heterocycles. The molecule has 0 atom stereocenters. The maximum atomic E-state index is 12.1. The molecule has 17 heavy (non-hydrogen) atoms. The van der Waals surface area contributed by atoms with E-state index >= 15 is 0 Å². The molecule has 2 aliphatic rings. The van der Waals surface area contributed by atoms with Gasteiger partial charge in [0.2, 0.25) is 0 Å². The van der Waals surface area contributed by atoms with Crippen molar-refractivity contribution in [3.05, 3.63) is 35.9 Å². The molecule has 2 fully saturated rings. The molecule has 90 valence electrons. The van der Waals surface area contributed by atoms with Gasteiger partial charge in [-0.3, -0.25) is 4.79 Å². The zero-order valence-electron chi connectivity index (χ0n) is 9.94. The molecule has 0 bridgehead atoms. The summed E-state index contributed by atoms with van der Waals surface area (Å²) in [7, 11) is 1.47. The first kappa shape index (κ1) is 10.8. The fourth-order valence-corrected chi connectivity index (χ4v) is 3.24. The van der Waals surface area contributed by atoms with Crippen LogP contribution in [0.2, 0.25) is 0 Å². The maximum Gasteiger partial charge on any atom is 0.316 e. The number of rotatable bonds is 2. The van der Waals surface area contributed by atoms with E-state index in [0.29, 0.717) is 0 Å². The molecule has 3 rings (SSSR count). The molecule has 1 aliphatic heterocycles. The normalized spacial score (nSPS) is 23.6. The molecule has 1 saturated carbocycles. The predicted octanol–water partition coefficient (Wildman–Crippen LogP) is 1.91. The van der Waals surface area contributed by atoms with Crippen LogP contribution in [0.4, 0.5) is 0 Å². The third-order valence-corrected chi connectivity index (χ3v) is 4.07. The standard InChI is InChI=1S/C14H16O3/c1-16-12(15)14(11-5-3-2-4-6-11)7-13(8-14)9-17-10-13/h2-6H,7-10H2,1H3. The Morgan fingerprint density at radius 3 is 2.35 bits per heavy atom. The molecule has 0 N–H and O–H groups in total. The van der Waals surface area contributed by atoms with Gasteiger partial charge in [0.25, 0.3) is 0 Å². The highest BCUT2D eigenvalue weighted by atomic mass is 16.5. The molecular formula is C14H16O3. The molecule has 1 saturated heterocycles. The van der Waals surface area contributed by atoms with E-state index in [0.717, 1.165) is 31.6 Å². The van der Waals surface area contributed by atoms with Gasteiger partial charge < -0.3 is 9.47 Å². The van der Waals surface area contributed by atoms with Crippen molar-refractivity contribution in [2.75, 3.05) is 20.3 Å². The first-order chi connectivity index (χ1) is 8.21. The van der Waals surface area contributed by atoms with Crippen molar-refractivity contribution >= 4 is 5.97 Å². The summed E-state index contributed by atoms with van der Waals surface area (Å²) in [6, 6.07) is 9.95. The van der Waals surface area contributed by atoms with E-state index in [9.17, 15) is 4.79 Å². The van der Waals surface area contributed by atoms with Gasteiger partial charge >= 0.3 is 5.97 Å². The molecular weight excluding hydrogens is 216 g/mol. The van der Waals surface area contributed by atoms with Crippen molar-refractivity contribution in [3.63, 3.8) is 0 Å². The second kappa shape index (κ2) is 3.57. The number of carbonyl (C=O) groups is 1. The monoisotopic (exact) mass is 232 g/mol. The van der Waals surface area contributed by atoms with Crippen molar-refractivity contribution in [2.24, 2.45) is 5.41 Å². The summed E-state index contributed by atoms with van der Waals surface area (Å²) in [4.78, 5) is 12.1. The van der Waals surface area contributed by atoms with Crippen molar-refractivity contribution < 1.29 is 14.3 Å². The molecule has 1 spiro atoms. The van der Waals surface area contributed by atoms with E-state index < -0.39 is 5.41 Å². The van der Waals surface area contributed by atoms with E-state index in [-0.39, 0.29) is 11.4 Å². The third kappa shape index (κ3) is 1.42. The van der Waals surface area contributed by atoms with Crippen LogP contribution in [0, 0.1) is 5.41 Å². The zero-order chi connectivity index (χ0) is 11.9. The molecule has 0 radical (unpaired) electrons. The second-order valence-corrected chi connectivity index (χ2v) is 5.29. The molecule has 1 aromatic rings. The van der Waals surface area contributed by atoms with Crippen molar-refractivity contribution in [1.29, 1.82) is 0 Å². The number of ether oxygens (including phenoxy) is 2. The molecule has 1 aromatic carbocycles. The van der Waals surface area contributed by atoms with Crippen LogP contribution in [0.25, 0.3) is 0 Å². The number of hydrogen-bond acceptors (Lipinski definition) is 3. The van der Waals surface area contributed by atoms with Gasteiger partial charge in [-0.25, -0.2) is 0 Å². The van der Waals surface area contributed by atoms with Crippen molar-refractivity contribution in [3.8, 4) is 0 Å². The first-order valence-electron chi connectivity index (χ1n) is 5.93. The minimum Gasteiger partial charge on any atom is -0.468 e. The fourth-order valence-electron chi connectivity index (χ4n) is 3.24. The Bertz CT molecular complexity index is 426. The number of benzene rings is 1. The summed E-state index contributed by atoms with van der Waals surface area (Å²) < 4.78 is 10.3. The van der Waals surface area contributed by atoms with Gasteiger partial charge in [0.15, 0.2) is 0 Å². The van der Waals surface area contributed by atoms with Gasteiger partial charge in [0.1, 0.15) is 0 Å². The summed E-state index contributed by atoms with van der Waals surface area (Å²) >= 11 is 0. The summed E-state index contributed by atoms with van der Waals surface area (Å²) in [6.45, 7) is 1.58. The van der Waals surface area contributed by atoms with Crippen LogP contribution in [0.15, 0.2) is 30.3 Å². The summed E-state index contributed by atoms with van der Waals surface area (Å²) in [5.41, 5.74) is 0.883.